The molecule has 4 N–H and O–H groups in total. The van der Waals surface area contributed by atoms with Gasteiger partial charge in [0.25, 0.3) is 0 Å². The van der Waals surface area contributed by atoms with Gasteiger partial charge in [0.1, 0.15) is 18.0 Å². The summed E-state index contributed by atoms with van der Waals surface area (Å²) in [7, 11) is 0. The molecule has 1 aliphatic heterocycles. The summed E-state index contributed by atoms with van der Waals surface area (Å²) >= 11 is 5.77. The quantitative estimate of drug-likeness (QED) is 0.614. The van der Waals surface area contributed by atoms with Crippen molar-refractivity contribution in [1.29, 1.82) is 0 Å². The Kier molecular flexibility index (Phi) is 3.40. The maximum Gasteiger partial charge on any atom is 0.351 e. The molecule has 0 spiro atoms. The van der Waals surface area contributed by atoms with Crippen LogP contribution < -0.4 is 11.4 Å². The molecule has 1 aromatic rings. The molecule has 1 saturated heterocycles. The molecular weight excluding hydrogens is 262 g/mol. The fourth-order valence-corrected chi connectivity index (χ4v) is 1.87. The molecule has 0 aliphatic carbocycles. The van der Waals surface area contributed by atoms with Crippen LogP contribution in [0, 0.1) is 0 Å². The van der Waals surface area contributed by atoms with E-state index in [1.165, 1.54) is 6.20 Å². The predicted molar refractivity (Wildman–Crippen MR) is 64.1 cm³/mol. The number of rotatable bonds is 2. The molecule has 0 aromatic carbocycles. The summed E-state index contributed by atoms with van der Waals surface area (Å²) in [5.41, 5.74) is 4.97. The SMILES string of the molecule is C=C1C(O)[C@@H](CO)O[C@H]1n1cc(Cl)c(N)nc1=O. The molecule has 1 aromatic heterocycles. The van der Waals surface area contributed by atoms with Crippen LogP contribution in [0.25, 0.3) is 0 Å². The molecule has 18 heavy (non-hydrogen) atoms. The van der Waals surface area contributed by atoms with Gasteiger partial charge >= 0.3 is 5.69 Å². The summed E-state index contributed by atoms with van der Waals surface area (Å²) in [5, 5.41) is 18.8. The van der Waals surface area contributed by atoms with Gasteiger partial charge in [-0.25, -0.2) is 4.79 Å². The first-order valence-corrected chi connectivity index (χ1v) is 5.50. The third-order valence-corrected chi connectivity index (χ3v) is 3.01. The predicted octanol–water partition coefficient (Wildman–Crippen LogP) is -0.714. The number of aliphatic hydroxyl groups excluding tert-OH is 2. The third-order valence-electron chi connectivity index (χ3n) is 2.72. The lowest BCUT2D eigenvalue weighted by Crippen LogP contribution is -2.28. The molecule has 0 saturated carbocycles. The zero-order valence-electron chi connectivity index (χ0n) is 9.28. The fraction of sp³-hybridized carbons (Fsp3) is 0.400. The number of hydrogen-bond acceptors (Lipinski definition) is 6. The van der Waals surface area contributed by atoms with Crippen molar-refractivity contribution in [2.45, 2.75) is 18.4 Å². The lowest BCUT2D eigenvalue weighted by Gasteiger charge is -2.15. The van der Waals surface area contributed by atoms with Crippen molar-refractivity contribution < 1.29 is 14.9 Å². The standard InChI is InChI=1S/C10H12ClN3O4/c1-4-7(16)6(3-15)18-9(4)14-2-5(11)8(12)13-10(14)17/h2,6-7,9,15-16H,1,3H2,(H2,12,13,17)/t6-,7?,9-/m1/s1. The second-order valence-electron chi connectivity index (χ2n) is 3.89. The van der Waals surface area contributed by atoms with Gasteiger partial charge in [-0.3, -0.25) is 4.57 Å². The highest BCUT2D eigenvalue weighted by Crippen LogP contribution is 2.32. The number of hydrogen-bond donors (Lipinski definition) is 3. The first-order valence-electron chi connectivity index (χ1n) is 5.13. The summed E-state index contributed by atoms with van der Waals surface area (Å²) in [4.78, 5) is 15.2. The van der Waals surface area contributed by atoms with Gasteiger partial charge in [-0.05, 0) is 0 Å². The van der Waals surface area contributed by atoms with Gasteiger partial charge < -0.3 is 20.7 Å². The highest BCUT2D eigenvalue weighted by molar-refractivity contribution is 6.32. The van der Waals surface area contributed by atoms with Crippen LogP contribution in [0.15, 0.2) is 23.1 Å². The maximum absolute atomic E-state index is 11.7. The smallest absolute Gasteiger partial charge is 0.351 e. The van der Waals surface area contributed by atoms with Gasteiger partial charge in [-0.15, -0.1) is 0 Å². The number of anilines is 1. The first kappa shape index (κ1) is 13.0. The van der Waals surface area contributed by atoms with Gasteiger partial charge in [0.05, 0.1) is 11.6 Å². The van der Waals surface area contributed by atoms with Crippen molar-refractivity contribution in [1.82, 2.24) is 9.55 Å². The second kappa shape index (κ2) is 4.69. The normalized spacial score (nSPS) is 27.7. The van der Waals surface area contributed by atoms with Crippen molar-refractivity contribution in [3.8, 4) is 0 Å². The van der Waals surface area contributed by atoms with Crippen LogP contribution >= 0.6 is 11.6 Å². The highest BCUT2D eigenvalue weighted by atomic mass is 35.5. The van der Waals surface area contributed by atoms with E-state index in [0.29, 0.717) is 0 Å². The minimum absolute atomic E-state index is 0.0826. The number of aromatic nitrogens is 2. The van der Waals surface area contributed by atoms with E-state index >= 15 is 0 Å². The van der Waals surface area contributed by atoms with E-state index in [2.05, 4.69) is 11.6 Å². The van der Waals surface area contributed by atoms with Gasteiger partial charge in [0, 0.05) is 11.8 Å². The molecule has 0 bridgehead atoms. The maximum atomic E-state index is 11.7. The molecule has 1 aliphatic rings. The summed E-state index contributed by atoms with van der Waals surface area (Å²) in [5.74, 6) is -0.0826. The zero-order valence-corrected chi connectivity index (χ0v) is 10.0. The Bertz CT molecular complexity index is 544. The number of ether oxygens (including phenoxy) is 1. The second-order valence-corrected chi connectivity index (χ2v) is 4.30. The third kappa shape index (κ3) is 2.01. The molecule has 2 rings (SSSR count). The Morgan fingerprint density at radius 1 is 1.67 bits per heavy atom. The molecule has 1 fully saturated rings. The van der Waals surface area contributed by atoms with Gasteiger partial charge in [0.15, 0.2) is 6.23 Å². The molecule has 7 nitrogen and oxygen atoms in total. The molecule has 3 atom stereocenters. The largest absolute Gasteiger partial charge is 0.394 e. The molecule has 8 heteroatoms. The average molecular weight is 274 g/mol. The van der Waals surface area contributed by atoms with E-state index in [-0.39, 0.29) is 23.0 Å². The van der Waals surface area contributed by atoms with Crippen LogP contribution in [-0.4, -0.2) is 38.6 Å². The molecular formula is C10H12ClN3O4. The Hall–Kier alpha value is -1.41. The van der Waals surface area contributed by atoms with E-state index in [9.17, 15) is 9.90 Å². The van der Waals surface area contributed by atoms with Crippen molar-refractivity contribution in [2.75, 3.05) is 12.3 Å². The summed E-state index contributed by atoms with van der Waals surface area (Å²) in [6, 6.07) is 0. The van der Waals surface area contributed by atoms with Crippen molar-refractivity contribution >= 4 is 17.4 Å². The molecule has 98 valence electrons. The van der Waals surface area contributed by atoms with Gasteiger partial charge in [-0.2, -0.15) is 4.98 Å². The lowest BCUT2D eigenvalue weighted by atomic mass is 10.1. The fourth-order valence-electron chi connectivity index (χ4n) is 1.72. The summed E-state index contributed by atoms with van der Waals surface area (Å²) in [6.45, 7) is 3.25. The van der Waals surface area contributed by atoms with Crippen LogP contribution in [0.1, 0.15) is 6.23 Å². The Morgan fingerprint density at radius 3 is 2.89 bits per heavy atom. The van der Waals surface area contributed by atoms with Crippen LogP contribution in [-0.2, 0) is 4.74 Å². The van der Waals surface area contributed by atoms with E-state index in [4.69, 9.17) is 27.2 Å². The average Bonchev–Trinajstić information content (AvgIpc) is 2.61. The lowest BCUT2D eigenvalue weighted by molar-refractivity contribution is -0.0447. The molecule has 0 amide bonds. The number of aliphatic hydroxyl groups is 2. The minimum atomic E-state index is -1.05. The Morgan fingerprint density at radius 2 is 2.33 bits per heavy atom. The highest BCUT2D eigenvalue weighted by Gasteiger charge is 2.38. The Labute approximate surface area is 107 Å². The summed E-state index contributed by atoms with van der Waals surface area (Å²) in [6.07, 6.45) is -1.54. The topological polar surface area (TPSA) is 111 Å². The number of nitrogen functional groups attached to an aromatic ring is 1. The molecule has 1 unspecified atom stereocenters. The van der Waals surface area contributed by atoms with E-state index < -0.39 is 24.1 Å². The van der Waals surface area contributed by atoms with Gasteiger partial charge in [-0.1, -0.05) is 18.2 Å². The van der Waals surface area contributed by atoms with Crippen LogP contribution in [0.4, 0.5) is 5.82 Å². The Balaban J connectivity index is 2.42. The molecule has 0 radical (unpaired) electrons. The summed E-state index contributed by atoms with van der Waals surface area (Å²) < 4.78 is 6.39. The van der Waals surface area contributed by atoms with Crippen LogP contribution in [0.2, 0.25) is 5.02 Å². The minimum Gasteiger partial charge on any atom is -0.394 e. The molecule has 2 heterocycles. The number of nitrogens with two attached hydrogens (primary N) is 1. The monoisotopic (exact) mass is 273 g/mol. The van der Waals surface area contributed by atoms with Crippen molar-refractivity contribution in [3.63, 3.8) is 0 Å². The first-order chi connectivity index (χ1) is 8.45. The number of nitrogens with zero attached hydrogens (tertiary/aromatic N) is 2. The van der Waals surface area contributed by atoms with Crippen molar-refractivity contribution in [3.05, 3.63) is 33.9 Å². The zero-order chi connectivity index (χ0) is 13.4. The number of halogens is 1. The van der Waals surface area contributed by atoms with E-state index in [1.807, 2.05) is 0 Å². The van der Waals surface area contributed by atoms with Gasteiger partial charge in [0.2, 0.25) is 0 Å². The van der Waals surface area contributed by atoms with Crippen LogP contribution in [0.3, 0.4) is 0 Å². The van der Waals surface area contributed by atoms with E-state index in [0.717, 1.165) is 4.57 Å². The van der Waals surface area contributed by atoms with Crippen LogP contribution in [0.5, 0.6) is 0 Å². The van der Waals surface area contributed by atoms with Crippen molar-refractivity contribution in [2.24, 2.45) is 0 Å². The van der Waals surface area contributed by atoms with E-state index in [1.54, 1.807) is 0 Å².